The molecule has 0 amide bonds. The van der Waals surface area contributed by atoms with Gasteiger partial charge in [-0.25, -0.2) is 0 Å². The van der Waals surface area contributed by atoms with Crippen LogP contribution in [0.2, 0.25) is 0 Å². The first-order valence-electron chi connectivity index (χ1n) is 5.35. The number of ether oxygens (including phenoxy) is 1. The van der Waals surface area contributed by atoms with Gasteiger partial charge in [0.1, 0.15) is 11.9 Å². The van der Waals surface area contributed by atoms with Crippen molar-refractivity contribution in [1.82, 2.24) is 9.78 Å². The van der Waals surface area contributed by atoms with Crippen molar-refractivity contribution in [2.45, 2.75) is 38.8 Å². The fourth-order valence-corrected chi connectivity index (χ4v) is 1.88. The van der Waals surface area contributed by atoms with E-state index in [2.05, 4.69) is 18.9 Å². The second-order valence-electron chi connectivity index (χ2n) is 4.15. The van der Waals surface area contributed by atoms with Gasteiger partial charge in [-0.3, -0.25) is 9.48 Å². The average Bonchev–Trinajstić information content (AvgIpc) is 2.65. The summed E-state index contributed by atoms with van der Waals surface area (Å²) in [6.07, 6.45) is 2.69. The highest BCUT2D eigenvalue weighted by atomic mass is 16.5. The summed E-state index contributed by atoms with van der Waals surface area (Å²) in [4.78, 5) is 11.3. The van der Waals surface area contributed by atoms with E-state index in [0.29, 0.717) is 25.5 Å². The van der Waals surface area contributed by atoms with Crippen LogP contribution in [0, 0.1) is 0 Å². The van der Waals surface area contributed by atoms with E-state index in [9.17, 15) is 4.79 Å². The number of hydrogen-bond donors (Lipinski definition) is 0. The molecular weight excluding hydrogens is 192 g/mol. The number of Topliss-reactive ketones (excluding diaryl/α,β-unsaturated/α-hetero) is 1. The quantitative estimate of drug-likeness (QED) is 0.745. The Labute approximate surface area is 89.2 Å². The molecule has 1 atom stereocenters. The number of nitrogens with zero attached hydrogens (tertiary/aromatic N) is 2. The predicted molar refractivity (Wildman–Crippen MR) is 55.5 cm³/mol. The third-order valence-corrected chi connectivity index (χ3v) is 2.63. The van der Waals surface area contributed by atoms with Crippen LogP contribution in [0.5, 0.6) is 0 Å². The van der Waals surface area contributed by atoms with Gasteiger partial charge < -0.3 is 4.74 Å². The number of aromatic nitrogens is 2. The third kappa shape index (κ3) is 2.09. The van der Waals surface area contributed by atoms with Crippen LogP contribution in [-0.4, -0.2) is 22.2 Å². The normalized spacial score (nSPS) is 22.3. The Morgan fingerprint density at radius 2 is 2.40 bits per heavy atom. The van der Waals surface area contributed by atoms with Gasteiger partial charge in [-0.1, -0.05) is 0 Å². The largest absolute Gasteiger partial charge is 0.371 e. The fourth-order valence-electron chi connectivity index (χ4n) is 1.88. The lowest BCUT2D eigenvalue weighted by Gasteiger charge is -2.23. The standard InChI is InChI=1S/C11H16N2O2/c1-8(2)13-10(3-5-12-13)11-7-9(14)4-6-15-11/h3,5,8,11H,4,6-7H2,1-2H3. The van der Waals surface area contributed by atoms with Crippen molar-refractivity contribution in [2.24, 2.45) is 0 Å². The summed E-state index contributed by atoms with van der Waals surface area (Å²) in [7, 11) is 0. The van der Waals surface area contributed by atoms with E-state index in [1.807, 2.05) is 10.7 Å². The number of carbonyl (C=O) groups is 1. The highest BCUT2D eigenvalue weighted by Crippen LogP contribution is 2.27. The Morgan fingerprint density at radius 1 is 1.60 bits per heavy atom. The van der Waals surface area contributed by atoms with Crippen LogP contribution in [0.15, 0.2) is 12.3 Å². The molecule has 2 rings (SSSR count). The molecule has 1 unspecified atom stereocenters. The Hall–Kier alpha value is -1.16. The van der Waals surface area contributed by atoms with Gasteiger partial charge in [0, 0.05) is 25.1 Å². The molecule has 0 bridgehead atoms. The molecule has 82 valence electrons. The molecule has 2 heterocycles. The van der Waals surface area contributed by atoms with E-state index in [-0.39, 0.29) is 11.9 Å². The summed E-state index contributed by atoms with van der Waals surface area (Å²) in [6.45, 7) is 4.68. The first-order valence-corrected chi connectivity index (χ1v) is 5.35. The van der Waals surface area contributed by atoms with Crippen molar-refractivity contribution in [3.8, 4) is 0 Å². The van der Waals surface area contributed by atoms with Gasteiger partial charge in [0.2, 0.25) is 0 Å². The van der Waals surface area contributed by atoms with Gasteiger partial charge in [-0.2, -0.15) is 5.10 Å². The lowest BCUT2D eigenvalue weighted by molar-refractivity contribution is -0.129. The molecule has 1 fully saturated rings. The Morgan fingerprint density at radius 3 is 3.07 bits per heavy atom. The van der Waals surface area contributed by atoms with Gasteiger partial charge in [0.15, 0.2) is 0 Å². The van der Waals surface area contributed by atoms with E-state index < -0.39 is 0 Å². The van der Waals surface area contributed by atoms with Crippen LogP contribution in [0.1, 0.15) is 44.5 Å². The zero-order valence-electron chi connectivity index (χ0n) is 9.14. The summed E-state index contributed by atoms with van der Waals surface area (Å²) in [5.74, 6) is 0.280. The minimum Gasteiger partial charge on any atom is -0.371 e. The maximum atomic E-state index is 11.3. The van der Waals surface area contributed by atoms with Crippen molar-refractivity contribution in [2.75, 3.05) is 6.61 Å². The Kier molecular flexibility index (Phi) is 2.86. The van der Waals surface area contributed by atoms with Gasteiger partial charge in [0.25, 0.3) is 0 Å². The molecule has 4 heteroatoms. The highest BCUT2D eigenvalue weighted by Gasteiger charge is 2.24. The fraction of sp³-hybridized carbons (Fsp3) is 0.636. The Bertz CT molecular complexity index is 357. The monoisotopic (exact) mass is 208 g/mol. The molecule has 0 saturated carbocycles. The van der Waals surface area contributed by atoms with E-state index in [0.717, 1.165) is 5.69 Å². The minimum absolute atomic E-state index is 0.101. The van der Waals surface area contributed by atoms with E-state index >= 15 is 0 Å². The highest BCUT2D eigenvalue weighted by molar-refractivity contribution is 5.79. The second kappa shape index (κ2) is 4.14. The Balaban J connectivity index is 2.20. The summed E-state index contributed by atoms with van der Waals surface area (Å²) < 4.78 is 7.52. The van der Waals surface area contributed by atoms with Crippen LogP contribution in [-0.2, 0) is 9.53 Å². The molecule has 1 aliphatic rings. The molecule has 1 aliphatic heterocycles. The molecule has 15 heavy (non-hydrogen) atoms. The minimum atomic E-state index is -0.101. The van der Waals surface area contributed by atoms with Crippen molar-refractivity contribution in [1.29, 1.82) is 0 Å². The molecular formula is C11H16N2O2. The van der Waals surface area contributed by atoms with Crippen molar-refractivity contribution < 1.29 is 9.53 Å². The van der Waals surface area contributed by atoms with Crippen LogP contribution in [0.25, 0.3) is 0 Å². The molecule has 4 nitrogen and oxygen atoms in total. The zero-order chi connectivity index (χ0) is 10.8. The maximum Gasteiger partial charge on any atom is 0.138 e. The van der Waals surface area contributed by atoms with Crippen LogP contribution in [0.4, 0.5) is 0 Å². The lowest BCUT2D eigenvalue weighted by Crippen LogP contribution is -2.22. The van der Waals surface area contributed by atoms with Gasteiger partial charge in [-0.15, -0.1) is 0 Å². The topological polar surface area (TPSA) is 44.1 Å². The number of ketones is 1. The number of rotatable bonds is 2. The summed E-state index contributed by atoms with van der Waals surface area (Å²) in [6, 6.07) is 2.24. The summed E-state index contributed by atoms with van der Waals surface area (Å²) in [5.41, 5.74) is 1.01. The van der Waals surface area contributed by atoms with Crippen molar-refractivity contribution in [3.05, 3.63) is 18.0 Å². The summed E-state index contributed by atoms with van der Waals surface area (Å²) in [5, 5.41) is 4.24. The van der Waals surface area contributed by atoms with E-state index in [1.54, 1.807) is 6.20 Å². The molecule has 1 saturated heterocycles. The molecule has 0 aromatic carbocycles. The first kappa shape index (κ1) is 10.4. The smallest absolute Gasteiger partial charge is 0.138 e. The van der Waals surface area contributed by atoms with Crippen LogP contribution < -0.4 is 0 Å². The third-order valence-electron chi connectivity index (χ3n) is 2.63. The predicted octanol–water partition coefficient (Wildman–Crippen LogP) is 1.88. The van der Waals surface area contributed by atoms with Crippen molar-refractivity contribution >= 4 is 5.78 Å². The molecule has 1 aromatic rings. The SMILES string of the molecule is CC(C)n1nccc1C1CC(=O)CCO1. The summed E-state index contributed by atoms with van der Waals surface area (Å²) >= 11 is 0. The van der Waals surface area contributed by atoms with Crippen LogP contribution >= 0.6 is 0 Å². The molecule has 0 N–H and O–H groups in total. The molecule has 0 aliphatic carbocycles. The maximum absolute atomic E-state index is 11.3. The lowest BCUT2D eigenvalue weighted by atomic mass is 10.0. The van der Waals surface area contributed by atoms with Gasteiger partial charge in [0.05, 0.1) is 12.3 Å². The molecule has 0 radical (unpaired) electrons. The average molecular weight is 208 g/mol. The first-order chi connectivity index (χ1) is 7.18. The second-order valence-corrected chi connectivity index (χ2v) is 4.15. The van der Waals surface area contributed by atoms with Crippen molar-refractivity contribution in [3.63, 3.8) is 0 Å². The number of hydrogen-bond acceptors (Lipinski definition) is 3. The number of carbonyl (C=O) groups excluding carboxylic acids is 1. The van der Waals surface area contributed by atoms with E-state index in [4.69, 9.17) is 4.74 Å². The molecule has 0 spiro atoms. The zero-order valence-corrected chi connectivity index (χ0v) is 9.14. The van der Waals surface area contributed by atoms with E-state index in [1.165, 1.54) is 0 Å². The van der Waals surface area contributed by atoms with Gasteiger partial charge in [-0.05, 0) is 19.9 Å². The molecule has 1 aromatic heterocycles. The van der Waals surface area contributed by atoms with Crippen LogP contribution in [0.3, 0.4) is 0 Å². The van der Waals surface area contributed by atoms with Gasteiger partial charge >= 0.3 is 0 Å².